The maximum Gasteiger partial charge on any atom is 0.219 e. The number of methoxy groups -OCH3 is 2. The van der Waals surface area contributed by atoms with E-state index >= 15 is 0 Å². The fourth-order valence-electron chi connectivity index (χ4n) is 2.30. The van der Waals surface area contributed by atoms with Gasteiger partial charge in [0.05, 0.1) is 14.2 Å². The summed E-state index contributed by atoms with van der Waals surface area (Å²) in [4.78, 5) is 13.3. The lowest BCUT2D eigenvalue weighted by molar-refractivity contribution is -0.129. The summed E-state index contributed by atoms with van der Waals surface area (Å²) >= 11 is 3.55. The van der Waals surface area contributed by atoms with Gasteiger partial charge in [0.1, 0.15) is 0 Å². The van der Waals surface area contributed by atoms with Crippen molar-refractivity contribution in [1.29, 1.82) is 0 Å². The lowest BCUT2D eigenvalue weighted by Gasteiger charge is -2.30. The van der Waals surface area contributed by atoms with Gasteiger partial charge in [0, 0.05) is 30.0 Å². The molecule has 0 saturated carbocycles. The van der Waals surface area contributed by atoms with Gasteiger partial charge >= 0.3 is 0 Å². The smallest absolute Gasteiger partial charge is 0.219 e. The number of ether oxygens (including phenoxy) is 2. The minimum absolute atomic E-state index is 0.0849. The van der Waals surface area contributed by atoms with Crippen molar-refractivity contribution in [3.05, 3.63) is 21.7 Å². The van der Waals surface area contributed by atoms with Crippen LogP contribution in [-0.2, 0) is 17.8 Å². The van der Waals surface area contributed by atoms with Crippen LogP contribution in [0.3, 0.4) is 0 Å². The van der Waals surface area contributed by atoms with Gasteiger partial charge in [0.2, 0.25) is 5.91 Å². The first-order valence-corrected chi connectivity index (χ1v) is 6.55. The summed E-state index contributed by atoms with van der Waals surface area (Å²) in [6, 6.07) is 1.92. The zero-order valence-electron chi connectivity index (χ0n) is 10.7. The van der Waals surface area contributed by atoms with Crippen LogP contribution in [-0.4, -0.2) is 31.6 Å². The Hall–Kier alpha value is -1.23. The average Bonchev–Trinajstić information content (AvgIpc) is 2.37. The van der Waals surface area contributed by atoms with Gasteiger partial charge in [-0.05, 0) is 18.1 Å². The van der Waals surface area contributed by atoms with E-state index in [0.29, 0.717) is 12.3 Å². The molecule has 1 heterocycles. The molecule has 18 heavy (non-hydrogen) atoms. The van der Waals surface area contributed by atoms with Crippen LogP contribution < -0.4 is 9.47 Å². The van der Waals surface area contributed by atoms with Gasteiger partial charge in [-0.2, -0.15) is 0 Å². The molecule has 4 nitrogen and oxygen atoms in total. The summed E-state index contributed by atoms with van der Waals surface area (Å²) in [5.41, 5.74) is 2.23. The molecule has 1 aliphatic heterocycles. The predicted octanol–water partition coefficient (Wildman–Crippen LogP) is 2.37. The Morgan fingerprint density at radius 1 is 1.33 bits per heavy atom. The molecule has 0 spiro atoms. The largest absolute Gasteiger partial charge is 0.493 e. The van der Waals surface area contributed by atoms with Crippen molar-refractivity contribution in [2.75, 3.05) is 20.8 Å². The van der Waals surface area contributed by atoms with E-state index < -0.39 is 0 Å². The third-order valence-corrected chi connectivity index (χ3v) is 3.97. The van der Waals surface area contributed by atoms with E-state index in [1.165, 1.54) is 5.56 Å². The van der Waals surface area contributed by atoms with Crippen molar-refractivity contribution >= 4 is 21.8 Å². The van der Waals surface area contributed by atoms with Crippen LogP contribution in [0.2, 0.25) is 0 Å². The standard InChI is InChI=1S/C13H16BrNO3/c1-8(16)15-5-4-9-10(7-15)13(18-3)12(17-2)6-11(9)14/h6H,4-5,7H2,1-3H3. The average molecular weight is 314 g/mol. The number of fused-ring (bicyclic) bond motifs is 1. The van der Waals surface area contributed by atoms with Crippen molar-refractivity contribution in [2.45, 2.75) is 19.9 Å². The van der Waals surface area contributed by atoms with Crippen molar-refractivity contribution in [3.63, 3.8) is 0 Å². The van der Waals surface area contributed by atoms with Crippen molar-refractivity contribution in [1.82, 2.24) is 4.90 Å². The van der Waals surface area contributed by atoms with Crippen molar-refractivity contribution in [3.8, 4) is 11.5 Å². The first kappa shape index (κ1) is 13.2. The van der Waals surface area contributed by atoms with Crippen LogP contribution in [0.15, 0.2) is 10.5 Å². The van der Waals surface area contributed by atoms with Gasteiger partial charge < -0.3 is 14.4 Å². The quantitative estimate of drug-likeness (QED) is 0.841. The molecule has 0 N–H and O–H groups in total. The second-order valence-electron chi connectivity index (χ2n) is 4.24. The molecule has 1 aromatic rings. The first-order chi connectivity index (χ1) is 8.58. The lowest BCUT2D eigenvalue weighted by atomic mass is 9.98. The number of nitrogens with zero attached hydrogens (tertiary/aromatic N) is 1. The van der Waals surface area contributed by atoms with E-state index in [1.807, 2.05) is 11.0 Å². The Morgan fingerprint density at radius 3 is 2.61 bits per heavy atom. The van der Waals surface area contributed by atoms with E-state index in [1.54, 1.807) is 21.1 Å². The van der Waals surface area contributed by atoms with Gasteiger partial charge in [0.25, 0.3) is 0 Å². The fraction of sp³-hybridized carbons (Fsp3) is 0.462. The molecule has 0 radical (unpaired) electrons. The number of halogens is 1. The maximum absolute atomic E-state index is 11.5. The number of amides is 1. The summed E-state index contributed by atoms with van der Waals surface area (Å²) < 4.78 is 11.8. The zero-order valence-corrected chi connectivity index (χ0v) is 12.3. The number of carbonyl (C=O) groups is 1. The summed E-state index contributed by atoms with van der Waals surface area (Å²) in [5.74, 6) is 1.50. The molecule has 0 unspecified atom stereocenters. The second kappa shape index (κ2) is 5.18. The molecule has 1 aromatic carbocycles. The number of hydrogen-bond donors (Lipinski definition) is 0. The Kier molecular flexibility index (Phi) is 3.80. The summed E-state index contributed by atoms with van der Waals surface area (Å²) in [5, 5.41) is 0. The number of rotatable bonds is 2. The van der Waals surface area contributed by atoms with E-state index in [-0.39, 0.29) is 5.91 Å². The molecule has 0 aliphatic carbocycles. The van der Waals surface area contributed by atoms with E-state index in [9.17, 15) is 4.79 Å². The van der Waals surface area contributed by atoms with Gasteiger partial charge in [-0.1, -0.05) is 15.9 Å². The second-order valence-corrected chi connectivity index (χ2v) is 5.10. The van der Waals surface area contributed by atoms with Crippen LogP contribution >= 0.6 is 15.9 Å². The van der Waals surface area contributed by atoms with Crippen LogP contribution in [0, 0.1) is 0 Å². The lowest BCUT2D eigenvalue weighted by Crippen LogP contribution is -2.34. The molecule has 5 heteroatoms. The number of benzene rings is 1. The third kappa shape index (κ3) is 2.19. The minimum atomic E-state index is 0.0849. The summed E-state index contributed by atoms with van der Waals surface area (Å²) in [7, 11) is 3.24. The molecule has 0 fully saturated rings. The molecule has 98 valence electrons. The molecule has 0 atom stereocenters. The van der Waals surface area contributed by atoms with Gasteiger partial charge in [-0.15, -0.1) is 0 Å². The van der Waals surface area contributed by atoms with Gasteiger partial charge in [0.15, 0.2) is 11.5 Å². The van der Waals surface area contributed by atoms with Crippen LogP contribution in [0.5, 0.6) is 11.5 Å². The minimum Gasteiger partial charge on any atom is -0.493 e. The molecule has 1 amide bonds. The monoisotopic (exact) mass is 313 g/mol. The van der Waals surface area contributed by atoms with Crippen molar-refractivity contribution < 1.29 is 14.3 Å². The SMILES string of the molecule is COc1cc(Br)c2c(c1OC)CN(C(C)=O)CC2. The summed E-state index contributed by atoms with van der Waals surface area (Å²) in [6.07, 6.45) is 0.829. The third-order valence-electron chi connectivity index (χ3n) is 3.26. The number of hydrogen-bond acceptors (Lipinski definition) is 3. The zero-order chi connectivity index (χ0) is 13.3. The Balaban J connectivity index is 2.52. The molecule has 2 rings (SSSR count). The first-order valence-electron chi connectivity index (χ1n) is 5.76. The highest BCUT2D eigenvalue weighted by Gasteiger charge is 2.25. The Labute approximate surface area is 115 Å². The molecule has 0 saturated heterocycles. The molecular weight excluding hydrogens is 298 g/mol. The topological polar surface area (TPSA) is 38.8 Å². The van der Waals surface area contributed by atoms with E-state index in [0.717, 1.165) is 28.8 Å². The fourth-order valence-corrected chi connectivity index (χ4v) is 2.94. The molecular formula is C13H16BrNO3. The summed E-state index contributed by atoms with van der Waals surface area (Å²) in [6.45, 7) is 2.91. The predicted molar refractivity (Wildman–Crippen MR) is 72.0 cm³/mol. The van der Waals surface area contributed by atoms with E-state index in [2.05, 4.69) is 15.9 Å². The van der Waals surface area contributed by atoms with Crippen LogP contribution in [0.25, 0.3) is 0 Å². The highest BCUT2D eigenvalue weighted by molar-refractivity contribution is 9.10. The highest BCUT2D eigenvalue weighted by atomic mass is 79.9. The number of carbonyl (C=O) groups excluding carboxylic acids is 1. The molecule has 0 aromatic heterocycles. The molecule has 0 bridgehead atoms. The highest BCUT2D eigenvalue weighted by Crippen LogP contribution is 2.40. The van der Waals surface area contributed by atoms with Gasteiger partial charge in [-0.3, -0.25) is 4.79 Å². The Bertz CT molecular complexity index is 488. The van der Waals surface area contributed by atoms with Gasteiger partial charge in [-0.25, -0.2) is 0 Å². The normalized spacial score (nSPS) is 14.1. The molecule has 1 aliphatic rings. The Morgan fingerprint density at radius 2 is 2.06 bits per heavy atom. The van der Waals surface area contributed by atoms with Crippen molar-refractivity contribution in [2.24, 2.45) is 0 Å². The van der Waals surface area contributed by atoms with Crippen LogP contribution in [0.1, 0.15) is 18.1 Å². The van der Waals surface area contributed by atoms with E-state index in [4.69, 9.17) is 9.47 Å². The maximum atomic E-state index is 11.5. The van der Waals surface area contributed by atoms with Crippen LogP contribution in [0.4, 0.5) is 0 Å².